The molecule has 0 bridgehead atoms. The van der Waals surface area contributed by atoms with Crippen molar-refractivity contribution in [3.63, 3.8) is 0 Å². The molecule has 0 N–H and O–H groups in total. The van der Waals surface area contributed by atoms with Crippen molar-refractivity contribution in [1.29, 1.82) is 5.26 Å². The SMILES string of the molecule is CCOc1ccc(C(=O)COC(=O)C(C)Oc2ccc(C#N)cc2)cc1. The molecule has 134 valence electrons. The Morgan fingerprint density at radius 2 is 1.65 bits per heavy atom. The Balaban J connectivity index is 1.84. The molecule has 6 nitrogen and oxygen atoms in total. The number of rotatable bonds is 8. The normalized spacial score (nSPS) is 11.1. The van der Waals surface area contributed by atoms with Crippen molar-refractivity contribution in [2.75, 3.05) is 13.2 Å². The van der Waals surface area contributed by atoms with E-state index in [0.29, 0.717) is 29.2 Å². The Morgan fingerprint density at radius 3 is 2.23 bits per heavy atom. The molecule has 0 aliphatic carbocycles. The molecular formula is C20H19NO5. The van der Waals surface area contributed by atoms with E-state index in [0.717, 1.165) is 0 Å². The quantitative estimate of drug-likeness (QED) is 0.535. The monoisotopic (exact) mass is 353 g/mol. The average molecular weight is 353 g/mol. The maximum absolute atomic E-state index is 12.1. The van der Waals surface area contributed by atoms with E-state index in [-0.39, 0.29) is 12.4 Å². The van der Waals surface area contributed by atoms with Gasteiger partial charge in [-0.25, -0.2) is 4.79 Å². The van der Waals surface area contributed by atoms with Crippen molar-refractivity contribution in [1.82, 2.24) is 0 Å². The van der Waals surface area contributed by atoms with E-state index in [1.54, 1.807) is 48.5 Å². The Morgan fingerprint density at radius 1 is 1.04 bits per heavy atom. The molecule has 0 saturated carbocycles. The molecule has 0 radical (unpaired) electrons. The van der Waals surface area contributed by atoms with Crippen LogP contribution in [0.3, 0.4) is 0 Å². The van der Waals surface area contributed by atoms with Crippen LogP contribution in [0.1, 0.15) is 29.8 Å². The van der Waals surface area contributed by atoms with Gasteiger partial charge in [-0.05, 0) is 62.4 Å². The molecule has 26 heavy (non-hydrogen) atoms. The maximum Gasteiger partial charge on any atom is 0.347 e. The van der Waals surface area contributed by atoms with Gasteiger partial charge in [0.2, 0.25) is 0 Å². The van der Waals surface area contributed by atoms with Crippen molar-refractivity contribution >= 4 is 11.8 Å². The van der Waals surface area contributed by atoms with E-state index in [2.05, 4.69) is 0 Å². The lowest BCUT2D eigenvalue weighted by atomic mass is 10.1. The third-order valence-corrected chi connectivity index (χ3v) is 3.46. The summed E-state index contributed by atoms with van der Waals surface area (Å²) in [4.78, 5) is 24.1. The first-order chi connectivity index (χ1) is 12.5. The molecule has 0 aliphatic heterocycles. The fourth-order valence-electron chi connectivity index (χ4n) is 2.10. The highest BCUT2D eigenvalue weighted by Gasteiger charge is 2.18. The Labute approximate surface area is 151 Å². The van der Waals surface area contributed by atoms with Crippen LogP contribution in [0.5, 0.6) is 11.5 Å². The number of nitrogens with zero attached hydrogens (tertiary/aromatic N) is 1. The molecule has 0 aromatic heterocycles. The van der Waals surface area contributed by atoms with E-state index >= 15 is 0 Å². The number of ketones is 1. The number of hydrogen-bond acceptors (Lipinski definition) is 6. The predicted octanol–water partition coefficient (Wildman–Crippen LogP) is 3.15. The van der Waals surface area contributed by atoms with Crippen LogP contribution in [0, 0.1) is 11.3 Å². The topological polar surface area (TPSA) is 85.6 Å². The summed E-state index contributed by atoms with van der Waals surface area (Å²) < 4.78 is 15.8. The van der Waals surface area contributed by atoms with Crippen LogP contribution in [0.2, 0.25) is 0 Å². The Hall–Kier alpha value is -3.33. The number of Topliss-reactive ketones (excluding diaryl/α,β-unsaturated/α-hetero) is 1. The lowest BCUT2D eigenvalue weighted by Gasteiger charge is -2.13. The van der Waals surface area contributed by atoms with Gasteiger partial charge in [0.1, 0.15) is 11.5 Å². The molecule has 0 amide bonds. The van der Waals surface area contributed by atoms with Gasteiger partial charge in [0.05, 0.1) is 18.2 Å². The van der Waals surface area contributed by atoms with Crippen LogP contribution in [-0.2, 0) is 9.53 Å². The van der Waals surface area contributed by atoms with E-state index in [1.807, 2.05) is 13.0 Å². The second-order valence-corrected chi connectivity index (χ2v) is 5.38. The van der Waals surface area contributed by atoms with Gasteiger partial charge in [-0.2, -0.15) is 5.26 Å². The minimum Gasteiger partial charge on any atom is -0.494 e. The van der Waals surface area contributed by atoms with E-state index in [9.17, 15) is 9.59 Å². The maximum atomic E-state index is 12.1. The number of esters is 1. The van der Waals surface area contributed by atoms with Crippen LogP contribution in [0.4, 0.5) is 0 Å². The van der Waals surface area contributed by atoms with Crippen molar-refractivity contribution in [2.24, 2.45) is 0 Å². The molecule has 6 heteroatoms. The number of carbonyl (C=O) groups excluding carboxylic acids is 2. The largest absolute Gasteiger partial charge is 0.494 e. The molecule has 0 spiro atoms. The van der Waals surface area contributed by atoms with Crippen molar-refractivity contribution in [2.45, 2.75) is 20.0 Å². The molecule has 0 saturated heterocycles. The Kier molecular flexibility index (Phi) is 6.75. The zero-order valence-corrected chi connectivity index (χ0v) is 14.6. The van der Waals surface area contributed by atoms with Gasteiger partial charge >= 0.3 is 5.97 Å². The third kappa shape index (κ3) is 5.35. The smallest absolute Gasteiger partial charge is 0.347 e. The number of carbonyl (C=O) groups is 2. The fourth-order valence-corrected chi connectivity index (χ4v) is 2.10. The standard InChI is InChI=1S/C20H19NO5/c1-3-24-17-10-6-16(7-11-17)19(22)13-25-20(23)14(2)26-18-8-4-15(12-21)5-9-18/h4-11,14H,3,13H2,1-2H3. The lowest BCUT2D eigenvalue weighted by Crippen LogP contribution is -2.28. The summed E-state index contributed by atoms with van der Waals surface area (Å²) in [5, 5.41) is 8.75. The van der Waals surface area contributed by atoms with Crippen molar-refractivity contribution < 1.29 is 23.8 Å². The highest BCUT2D eigenvalue weighted by molar-refractivity contribution is 5.98. The second kappa shape index (κ2) is 9.23. The van der Waals surface area contributed by atoms with E-state index in [1.165, 1.54) is 6.92 Å². The van der Waals surface area contributed by atoms with Crippen molar-refractivity contribution in [3.05, 3.63) is 59.7 Å². The third-order valence-electron chi connectivity index (χ3n) is 3.46. The molecule has 0 aliphatic rings. The first-order valence-electron chi connectivity index (χ1n) is 8.13. The zero-order chi connectivity index (χ0) is 18.9. The van der Waals surface area contributed by atoms with E-state index in [4.69, 9.17) is 19.5 Å². The minimum absolute atomic E-state index is 0.313. The van der Waals surface area contributed by atoms with Crippen LogP contribution in [-0.4, -0.2) is 31.1 Å². The Bertz CT molecular complexity index is 790. The summed E-state index contributed by atoms with van der Waals surface area (Å²) in [7, 11) is 0. The highest BCUT2D eigenvalue weighted by atomic mass is 16.6. The van der Waals surface area contributed by atoms with Crippen LogP contribution in [0.25, 0.3) is 0 Å². The summed E-state index contributed by atoms with van der Waals surface area (Å²) >= 11 is 0. The van der Waals surface area contributed by atoms with E-state index < -0.39 is 12.1 Å². The zero-order valence-electron chi connectivity index (χ0n) is 14.6. The fraction of sp³-hybridized carbons (Fsp3) is 0.250. The summed E-state index contributed by atoms with van der Waals surface area (Å²) in [6.07, 6.45) is -0.879. The molecule has 0 heterocycles. The summed E-state index contributed by atoms with van der Waals surface area (Å²) in [6, 6.07) is 15.0. The predicted molar refractivity (Wildman–Crippen MR) is 94.1 cm³/mol. The van der Waals surface area contributed by atoms with Gasteiger partial charge in [0, 0.05) is 5.56 Å². The molecule has 1 unspecified atom stereocenters. The molecule has 2 aromatic rings. The number of ether oxygens (including phenoxy) is 3. The van der Waals surface area contributed by atoms with Crippen LogP contribution >= 0.6 is 0 Å². The molecule has 2 aromatic carbocycles. The summed E-state index contributed by atoms with van der Waals surface area (Å²) in [5.41, 5.74) is 0.926. The second-order valence-electron chi connectivity index (χ2n) is 5.38. The summed E-state index contributed by atoms with van der Waals surface area (Å²) in [5.74, 6) is 0.150. The van der Waals surface area contributed by atoms with Gasteiger partial charge in [-0.3, -0.25) is 4.79 Å². The van der Waals surface area contributed by atoms with Gasteiger partial charge in [0.15, 0.2) is 18.5 Å². The van der Waals surface area contributed by atoms with Gasteiger partial charge in [0.25, 0.3) is 0 Å². The first-order valence-corrected chi connectivity index (χ1v) is 8.13. The molecular weight excluding hydrogens is 334 g/mol. The van der Waals surface area contributed by atoms with Crippen LogP contribution in [0.15, 0.2) is 48.5 Å². The molecule has 0 fully saturated rings. The van der Waals surface area contributed by atoms with Gasteiger partial charge in [-0.1, -0.05) is 0 Å². The first kappa shape index (κ1) is 19.0. The molecule has 2 rings (SSSR count). The minimum atomic E-state index is -0.879. The number of benzene rings is 2. The van der Waals surface area contributed by atoms with Crippen molar-refractivity contribution in [3.8, 4) is 17.6 Å². The number of hydrogen-bond donors (Lipinski definition) is 0. The highest BCUT2D eigenvalue weighted by Crippen LogP contribution is 2.15. The molecule has 1 atom stereocenters. The summed E-state index contributed by atoms with van der Waals surface area (Å²) in [6.45, 7) is 3.58. The average Bonchev–Trinajstić information content (AvgIpc) is 2.67. The van der Waals surface area contributed by atoms with Crippen LogP contribution < -0.4 is 9.47 Å². The lowest BCUT2D eigenvalue weighted by molar-refractivity contribution is -0.149. The van der Waals surface area contributed by atoms with Gasteiger partial charge < -0.3 is 14.2 Å². The van der Waals surface area contributed by atoms with Gasteiger partial charge in [-0.15, -0.1) is 0 Å². The number of nitriles is 1.